The van der Waals surface area contributed by atoms with E-state index in [2.05, 4.69) is 9.55 Å². The van der Waals surface area contributed by atoms with Crippen LogP contribution in [0.15, 0.2) is 36.8 Å². The molecule has 0 bridgehead atoms. The number of hydrogen-bond acceptors (Lipinski definition) is 2. The van der Waals surface area contributed by atoms with E-state index in [1.54, 1.807) is 12.1 Å². The number of aromatic nitrogens is 2. The second kappa shape index (κ2) is 5.13. The van der Waals surface area contributed by atoms with Crippen LogP contribution in [0.5, 0.6) is 0 Å². The Morgan fingerprint density at radius 3 is 2.47 bits per heavy atom. The molecule has 1 fully saturated rings. The van der Waals surface area contributed by atoms with Crippen molar-refractivity contribution >= 4 is 0 Å². The van der Waals surface area contributed by atoms with Gasteiger partial charge in [-0.05, 0) is 49.9 Å². The number of rotatable bonds is 2. The van der Waals surface area contributed by atoms with Crippen molar-refractivity contribution in [2.24, 2.45) is 0 Å². The van der Waals surface area contributed by atoms with Crippen LogP contribution in [0.3, 0.4) is 0 Å². The molecule has 1 aliphatic rings. The summed E-state index contributed by atoms with van der Waals surface area (Å²) in [7, 11) is 0. The molecule has 0 atom stereocenters. The van der Waals surface area contributed by atoms with Gasteiger partial charge in [-0.1, -0.05) is 0 Å². The van der Waals surface area contributed by atoms with Gasteiger partial charge in [0.15, 0.2) is 0 Å². The topological polar surface area (TPSA) is 38.0 Å². The number of benzene rings is 1. The van der Waals surface area contributed by atoms with Gasteiger partial charge in [-0.25, -0.2) is 9.37 Å². The Kier molecular flexibility index (Phi) is 3.34. The summed E-state index contributed by atoms with van der Waals surface area (Å²) in [6.45, 7) is 0. The summed E-state index contributed by atoms with van der Waals surface area (Å²) < 4.78 is 15.0. The average Bonchev–Trinajstić information content (AvgIpc) is 2.90. The molecule has 1 saturated carbocycles. The number of aliphatic hydroxyl groups is 1. The summed E-state index contributed by atoms with van der Waals surface area (Å²) in [6, 6.07) is 6.81. The van der Waals surface area contributed by atoms with Gasteiger partial charge in [-0.3, -0.25) is 0 Å². The Labute approximate surface area is 111 Å². The predicted octanol–water partition coefficient (Wildman–Crippen LogP) is 3.17. The van der Waals surface area contributed by atoms with Crippen molar-refractivity contribution in [3.8, 4) is 11.3 Å². The Bertz CT molecular complexity index is 542. The third-order valence-electron chi connectivity index (χ3n) is 3.83. The SMILES string of the molecule is OC1CCC(n2cnc(-c3ccc(F)cc3)c2)CC1. The molecule has 3 nitrogen and oxygen atoms in total. The molecule has 3 rings (SSSR count). The molecular formula is C15H17FN2O. The lowest BCUT2D eigenvalue weighted by Crippen LogP contribution is -2.20. The van der Waals surface area contributed by atoms with Crippen LogP contribution in [-0.2, 0) is 0 Å². The van der Waals surface area contributed by atoms with Crippen LogP contribution in [0.25, 0.3) is 11.3 Å². The van der Waals surface area contributed by atoms with Gasteiger partial charge in [0.2, 0.25) is 0 Å². The highest BCUT2D eigenvalue weighted by atomic mass is 19.1. The summed E-state index contributed by atoms with van der Waals surface area (Å²) in [5, 5.41) is 9.52. The average molecular weight is 260 g/mol. The predicted molar refractivity (Wildman–Crippen MR) is 71.1 cm³/mol. The minimum atomic E-state index is -0.232. The monoisotopic (exact) mass is 260 g/mol. The van der Waals surface area contributed by atoms with E-state index in [4.69, 9.17) is 0 Å². The molecule has 0 amide bonds. The molecule has 0 spiro atoms. The minimum absolute atomic E-state index is 0.142. The second-order valence-electron chi connectivity index (χ2n) is 5.18. The standard InChI is InChI=1S/C15H17FN2O/c16-12-3-1-11(2-4-12)15-9-18(10-17-15)13-5-7-14(19)8-6-13/h1-4,9-10,13-14,19H,5-8H2. The highest BCUT2D eigenvalue weighted by molar-refractivity contribution is 5.57. The van der Waals surface area contributed by atoms with Crippen LogP contribution < -0.4 is 0 Å². The number of halogens is 1. The van der Waals surface area contributed by atoms with Gasteiger partial charge in [0.25, 0.3) is 0 Å². The molecule has 1 aliphatic carbocycles. The number of nitrogens with zero attached hydrogens (tertiary/aromatic N) is 2. The van der Waals surface area contributed by atoms with Crippen molar-refractivity contribution in [2.45, 2.75) is 37.8 Å². The molecule has 100 valence electrons. The van der Waals surface area contributed by atoms with E-state index in [9.17, 15) is 9.50 Å². The Balaban J connectivity index is 1.77. The van der Waals surface area contributed by atoms with Crippen molar-refractivity contribution in [2.75, 3.05) is 0 Å². The molecule has 0 aliphatic heterocycles. The van der Waals surface area contributed by atoms with Gasteiger partial charge in [0, 0.05) is 17.8 Å². The van der Waals surface area contributed by atoms with E-state index in [1.165, 1.54) is 12.1 Å². The molecule has 0 unspecified atom stereocenters. The lowest BCUT2D eigenvalue weighted by Gasteiger charge is -2.26. The lowest BCUT2D eigenvalue weighted by atomic mass is 9.93. The first-order valence-electron chi connectivity index (χ1n) is 6.70. The van der Waals surface area contributed by atoms with Crippen molar-refractivity contribution < 1.29 is 9.50 Å². The zero-order valence-corrected chi connectivity index (χ0v) is 10.7. The van der Waals surface area contributed by atoms with Gasteiger partial charge in [0.05, 0.1) is 18.1 Å². The lowest BCUT2D eigenvalue weighted by molar-refractivity contribution is 0.110. The Hall–Kier alpha value is -1.68. The summed E-state index contributed by atoms with van der Waals surface area (Å²) in [6.07, 6.45) is 7.39. The molecule has 19 heavy (non-hydrogen) atoms. The molecule has 0 saturated heterocycles. The van der Waals surface area contributed by atoms with Gasteiger partial charge < -0.3 is 9.67 Å². The molecule has 2 aromatic rings. The van der Waals surface area contributed by atoms with Crippen LogP contribution in [-0.4, -0.2) is 20.8 Å². The second-order valence-corrected chi connectivity index (χ2v) is 5.18. The fraction of sp³-hybridized carbons (Fsp3) is 0.400. The van der Waals surface area contributed by atoms with Crippen molar-refractivity contribution in [1.82, 2.24) is 9.55 Å². The summed E-state index contributed by atoms with van der Waals surface area (Å²) in [5.41, 5.74) is 1.79. The first-order chi connectivity index (χ1) is 9.22. The smallest absolute Gasteiger partial charge is 0.123 e. The summed E-state index contributed by atoms with van der Waals surface area (Å²) in [4.78, 5) is 4.39. The van der Waals surface area contributed by atoms with E-state index in [-0.39, 0.29) is 11.9 Å². The van der Waals surface area contributed by atoms with Gasteiger partial charge in [0.1, 0.15) is 5.82 Å². The minimum Gasteiger partial charge on any atom is -0.393 e. The molecule has 1 N–H and O–H groups in total. The van der Waals surface area contributed by atoms with Crippen LogP contribution in [0.4, 0.5) is 4.39 Å². The summed E-state index contributed by atoms with van der Waals surface area (Å²) >= 11 is 0. The largest absolute Gasteiger partial charge is 0.393 e. The normalized spacial score (nSPS) is 23.5. The molecular weight excluding hydrogens is 243 g/mol. The molecule has 0 radical (unpaired) electrons. The van der Waals surface area contributed by atoms with E-state index in [0.29, 0.717) is 6.04 Å². The van der Waals surface area contributed by atoms with Crippen molar-refractivity contribution in [1.29, 1.82) is 0 Å². The van der Waals surface area contributed by atoms with Gasteiger partial charge in [-0.2, -0.15) is 0 Å². The van der Waals surface area contributed by atoms with E-state index in [1.807, 2.05) is 12.5 Å². The molecule has 4 heteroatoms. The van der Waals surface area contributed by atoms with Gasteiger partial charge in [-0.15, -0.1) is 0 Å². The Morgan fingerprint density at radius 2 is 1.79 bits per heavy atom. The van der Waals surface area contributed by atoms with Crippen molar-refractivity contribution in [3.63, 3.8) is 0 Å². The fourth-order valence-electron chi connectivity index (χ4n) is 2.66. The molecule has 1 heterocycles. The van der Waals surface area contributed by atoms with E-state index < -0.39 is 0 Å². The highest BCUT2D eigenvalue weighted by Crippen LogP contribution is 2.29. The first-order valence-corrected chi connectivity index (χ1v) is 6.70. The van der Waals surface area contributed by atoms with Crippen molar-refractivity contribution in [3.05, 3.63) is 42.6 Å². The van der Waals surface area contributed by atoms with Gasteiger partial charge >= 0.3 is 0 Å². The maximum atomic E-state index is 12.9. The summed E-state index contributed by atoms with van der Waals surface area (Å²) in [5.74, 6) is -0.232. The third-order valence-corrected chi connectivity index (χ3v) is 3.83. The molecule has 1 aromatic carbocycles. The third kappa shape index (κ3) is 2.68. The quantitative estimate of drug-likeness (QED) is 0.900. The first kappa shape index (κ1) is 12.4. The van der Waals surface area contributed by atoms with Crippen LogP contribution >= 0.6 is 0 Å². The van der Waals surface area contributed by atoms with E-state index in [0.717, 1.165) is 36.9 Å². The zero-order chi connectivity index (χ0) is 13.2. The number of hydrogen-bond donors (Lipinski definition) is 1. The van der Waals surface area contributed by atoms with Crippen LogP contribution in [0.2, 0.25) is 0 Å². The molecule has 1 aromatic heterocycles. The highest BCUT2D eigenvalue weighted by Gasteiger charge is 2.20. The van der Waals surface area contributed by atoms with Crippen LogP contribution in [0.1, 0.15) is 31.7 Å². The van der Waals surface area contributed by atoms with Crippen LogP contribution in [0, 0.1) is 5.82 Å². The maximum absolute atomic E-state index is 12.9. The fourth-order valence-corrected chi connectivity index (χ4v) is 2.66. The maximum Gasteiger partial charge on any atom is 0.123 e. The number of imidazole rings is 1. The zero-order valence-electron chi connectivity index (χ0n) is 10.7. The Morgan fingerprint density at radius 1 is 1.11 bits per heavy atom. The number of aliphatic hydroxyl groups excluding tert-OH is 1. The van der Waals surface area contributed by atoms with E-state index >= 15 is 0 Å².